The summed E-state index contributed by atoms with van der Waals surface area (Å²) < 4.78 is 0. The van der Waals surface area contributed by atoms with Crippen LogP contribution < -0.4 is 0 Å². The van der Waals surface area contributed by atoms with E-state index in [-0.39, 0.29) is 30.2 Å². The van der Waals surface area contributed by atoms with Crippen molar-refractivity contribution in [1.82, 2.24) is 4.98 Å². The SMILES string of the molecule is CC(=O)CC(=O)Cc1ccc(O)cn1. The van der Waals surface area contributed by atoms with Crippen LogP contribution in [0.15, 0.2) is 18.3 Å². The molecule has 0 bridgehead atoms. The topological polar surface area (TPSA) is 67.3 Å². The van der Waals surface area contributed by atoms with Crippen LogP contribution in [0.2, 0.25) is 0 Å². The summed E-state index contributed by atoms with van der Waals surface area (Å²) in [6.07, 6.45) is 1.36. The van der Waals surface area contributed by atoms with Gasteiger partial charge in [0.15, 0.2) is 0 Å². The summed E-state index contributed by atoms with van der Waals surface area (Å²) in [5.74, 6) is -0.239. The highest BCUT2D eigenvalue weighted by Crippen LogP contribution is 2.07. The van der Waals surface area contributed by atoms with E-state index in [1.807, 2.05) is 0 Å². The molecule has 0 aromatic carbocycles. The van der Waals surface area contributed by atoms with Crippen molar-refractivity contribution in [3.8, 4) is 5.75 Å². The van der Waals surface area contributed by atoms with E-state index in [1.165, 1.54) is 19.2 Å². The molecule has 14 heavy (non-hydrogen) atoms. The summed E-state index contributed by atoms with van der Waals surface area (Å²) in [5, 5.41) is 8.93. The van der Waals surface area contributed by atoms with E-state index in [1.54, 1.807) is 6.07 Å². The van der Waals surface area contributed by atoms with E-state index in [9.17, 15) is 9.59 Å². The maximum absolute atomic E-state index is 11.2. The number of hydrogen-bond acceptors (Lipinski definition) is 4. The second-order valence-electron chi connectivity index (χ2n) is 3.10. The van der Waals surface area contributed by atoms with Gasteiger partial charge in [-0.05, 0) is 19.1 Å². The highest BCUT2D eigenvalue weighted by atomic mass is 16.3. The fourth-order valence-electron chi connectivity index (χ4n) is 1.06. The average molecular weight is 193 g/mol. The number of carbonyl (C=O) groups excluding carboxylic acids is 2. The third-order valence-corrected chi connectivity index (χ3v) is 1.63. The smallest absolute Gasteiger partial charge is 0.146 e. The summed E-state index contributed by atoms with van der Waals surface area (Å²) in [7, 11) is 0. The molecule has 0 aliphatic carbocycles. The zero-order chi connectivity index (χ0) is 10.6. The summed E-state index contributed by atoms with van der Waals surface area (Å²) in [5.41, 5.74) is 0.564. The molecular weight excluding hydrogens is 182 g/mol. The Morgan fingerprint density at radius 2 is 2.14 bits per heavy atom. The molecule has 0 fully saturated rings. The first-order valence-corrected chi connectivity index (χ1v) is 4.23. The number of carbonyl (C=O) groups is 2. The molecule has 0 aliphatic rings. The minimum Gasteiger partial charge on any atom is -0.506 e. The molecule has 0 saturated heterocycles. The first-order chi connectivity index (χ1) is 6.58. The monoisotopic (exact) mass is 193 g/mol. The van der Waals surface area contributed by atoms with Gasteiger partial charge in [0, 0.05) is 12.1 Å². The Bertz CT molecular complexity index is 343. The number of rotatable bonds is 4. The van der Waals surface area contributed by atoms with Crippen LogP contribution >= 0.6 is 0 Å². The van der Waals surface area contributed by atoms with Crippen LogP contribution in [0.1, 0.15) is 19.0 Å². The van der Waals surface area contributed by atoms with Gasteiger partial charge in [0.05, 0.1) is 12.6 Å². The second-order valence-corrected chi connectivity index (χ2v) is 3.10. The van der Waals surface area contributed by atoms with Gasteiger partial charge in [-0.15, -0.1) is 0 Å². The molecule has 0 spiro atoms. The normalized spacial score (nSPS) is 9.79. The Labute approximate surface area is 81.6 Å². The summed E-state index contributed by atoms with van der Waals surface area (Å²) in [6.45, 7) is 1.38. The van der Waals surface area contributed by atoms with Crippen LogP contribution in [-0.2, 0) is 16.0 Å². The minimum atomic E-state index is -0.157. The Morgan fingerprint density at radius 3 is 2.64 bits per heavy atom. The van der Waals surface area contributed by atoms with E-state index in [2.05, 4.69) is 4.98 Å². The fourth-order valence-corrected chi connectivity index (χ4v) is 1.06. The van der Waals surface area contributed by atoms with Crippen LogP contribution in [-0.4, -0.2) is 21.7 Å². The standard InChI is InChI=1S/C10H11NO3/c1-7(12)4-10(14)5-8-2-3-9(13)6-11-8/h2-3,6,13H,4-5H2,1H3. The van der Waals surface area contributed by atoms with Crippen LogP contribution in [0.25, 0.3) is 0 Å². The van der Waals surface area contributed by atoms with Crippen LogP contribution in [0.4, 0.5) is 0 Å². The van der Waals surface area contributed by atoms with Crippen molar-refractivity contribution in [1.29, 1.82) is 0 Å². The van der Waals surface area contributed by atoms with Crippen molar-refractivity contribution < 1.29 is 14.7 Å². The summed E-state index contributed by atoms with van der Waals surface area (Å²) in [6, 6.07) is 3.02. The van der Waals surface area contributed by atoms with Gasteiger partial charge >= 0.3 is 0 Å². The van der Waals surface area contributed by atoms with Gasteiger partial charge in [0.2, 0.25) is 0 Å². The lowest BCUT2D eigenvalue weighted by Crippen LogP contribution is -2.08. The quantitative estimate of drug-likeness (QED) is 0.721. The van der Waals surface area contributed by atoms with Crippen LogP contribution in [0.3, 0.4) is 0 Å². The molecule has 0 radical (unpaired) electrons. The highest BCUT2D eigenvalue weighted by Gasteiger charge is 2.07. The van der Waals surface area contributed by atoms with Gasteiger partial charge in [-0.25, -0.2) is 0 Å². The first kappa shape index (κ1) is 10.4. The van der Waals surface area contributed by atoms with Crippen LogP contribution in [0.5, 0.6) is 5.75 Å². The van der Waals surface area contributed by atoms with E-state index in [0.29, 0.717) is 5.69 Å². The summed E-state index contributed by atoms with van der Waals surface area (Å²) >= 11 is 0. The number of nitrogens with zero attached hydrogens (tertiary/aromatic N) is 1. The van der Waals surface area contributed by atoms with E-state index >= 15 is 0 Å². The third-order valence-electron chi connectivity index (χ3n) is 1.63. The number of hydrogen-bond donors (Lipinski definition) is 1. The Kier molecular flexibility index (Phi) is 3.34. The number of aromatic nitrogens is 1. The van der Waals surface area contributed by atoms with Gasteiger partial charge < -0.3 is 5.11 Å². The van der Waals surface area contributed by atoms with Gasteiger partial charge in [0.25, 0.3) is 0 Å². The molecule has 0 atom stereocenters. The molecule has 4 nitrogen and oxygen atoms in total. The van der Waals surface area contributed by atoms with Crippen molar-refractivity contribution in [3.63, 3.8) is 0 Å². The van der Waals surface area contributed by atoms with Gasteiger partial charge in [-0.1, -0.05) is 0 Å². The molecule has 1 N–H and O–H groups in total. The van der Waals surface area contributed by atoms with E-state index < -0.39 is 0 Å². The zero-order valence-electron chi connectivity index (χ0n) is 7.86. The Balaban J connectivity index is 2.56. The zero-order valence-corrected chi connectivity index (χ0v) is 7.86. The highest BCUT2D eigenvalue weighted by molar-refractivity contribution is 5.98. The molecule has 0 saturated carbocycles. The van der Waals surface area contributed by atoms with Gasteiger partial charge in [0.1, 0.15) is 17.3 Å². The molecule has 0 amide bonds. The number of Topliss-reactive ketones (excluding diaryl/α,β-unsaturated/α-hetero) is 2. The van der Waals surface area contributed by atoms with Crippen molar-refractivity contribution >= 4 is 11.6 Å². The molecule has 0 unspecified atom stereocenters. The van der Waals surface area contributed by atoms with Crippen LogP contribution in [0, 0.1) is 0 Å². The molecule has 74 valence electrons. The third kappa shape index (κ3) is 3.35. The summed E-state index contributed by atoms with van der Waals surface area (Å²) in [4.78, 5) is 25.6. The predicted molar refractivity (Wildman–Crippen MR) is 49.9 cm³/mol. The van der Waals surface area contributed by atoms with Crippen molar-refractivity contribution in [2.24, 2.45) is 0 Å². The predicted octanol–water partition coefficient (Wildman–Crippen LogP) is 0.878. The average Bonchev–Trinajstić information content (AvgIpc) is 2.07. The second kappa shape index (κ2) is 4.50. The lowest BCUT2D eigenvalue weighted by Gasteiger charge is -1.98. The Morgan fingerprint density at radius 1 is 1.43 bits per heavy atom. The number of pyridine rings is 1. The Hall–Kier alpha value is -1.71. The molecule has 1 heterocycles. The molecule has 1 rings (SSSR count). The lowest BCUT2D eigenvalue weighted by molar-refractivity contribution is -0.125. The van der Waals surface area contributed by atoms with E-state index in [0.717, 1.165) is 0 Å². The fraction of sp³-hybridized carbons (Fsp3) is 0.300. The minimum absolute atomic E-state index is 0.0530. The maximum atomic E-state index is 11.2. The molecule has 1 aromatic rings. The van der Waals surface area contributed by atoms with Crippen molar-refractivity contribution in [2.45, 2.75) is 19.8 Å². The largest absolute Gasteiger partial charge is 0.506 e. The number of aromatic hydroxyl groups is 1. The molecular formula is C10H11NO3. The maximum Gasteiger partial charge on any atom is 0.146 e. The molecule has 4 heteroatoms. The lowest BCUT2D eigenvalue weighted by atomic mass is 10.1. The number of ketones is 2. The van der Waals surface area contributed by atoms with Crippen molar-refractivity contribution in [2.75, 3.05) is 0 Å². The first-order valence-electron chi connectivity index (χ1n) is 4.23. The van der Waals surface area contributed by atoms with Gasteiger partial charge in [-0.2, -0.15) is 0 Å². The molecule has 0 aliphatic heterocycles. The van der Waals surface area contributed by atoms with Gasteiger partial charge in [-0.3, -0.25) is 14.6 Å². The van der Waals surface area contributed by atoms with Crippen molar-refractivity contribution in [3.05, 3.63) is 24.0 Å². The van der Waals surface area contributed by atoms with E-state index in [4.69, 9.17) is 5.11 Å². The molecule has 1 aromatic heterocycles.